The summed E-state index contributed by atoms with van der Waals surface area (Å²) in [5.74, 6) is -3.07. The van der Waals surface area contributed by atoms with Crippen LogP contribution in [0, 0.1) is 5.41 Å². The first-order valence-electron chi connectivity index (χ1n) is 4.97. The van der Waals surface area contributed by atoms with E-state index in [4.69, 9.17) is 16.2 Å². The van der Waals surface area contributed by atoms with E-state index in [2.05, 4.69) is 20.0 Å². The minimum Gasteiger partial charge on any atom is -2.00 e. The molecule has 1 radical (unpaired) electrons. The van der Waals surface area contributed by atoms with Gasteiger partial charge < -0.3 is 48.4 Å². The van der Waals surface area contributed by atoms with E-state index in [1.54, 1.807) is 0 Å². The van der Waals surface area contributed by atoms with Crippen molar-refractivity contribution in [2.75, 3.05) is 5.73 Å². The van der Waals surface area contributed by atoms with Crippen molar-refractivity contribution in [2.45, 2.75) is 0 Å². The second kappa shape index (κ2) is 16.0. The molecule has 0 aromatic carbocycles. The van der Waals surface area contributed by atoms with Gasteiger partial charge in [-0.15, -0.1) is 0 Å². The van der Waals surface area contributed by atoms with Gasteiger partial charge in [0.25, 0.3) is 0 Å². The van der Waals surface area contributed by atoms with E-state index in [0.29, 0.717) is 0 Å². The van der Waals surface area contributed by atoms with Crippen LogP contribution in [0.25, 0.3) is 0 Å². The van der Waals surface area contributed by atoms with E-state index in [1.807, 2.05) is 0 Å². The molecule has 0 saturated carbocycles. The largest absolute Gasteiger partial charge is 2.00 e. The molecule has 141 valence electrons. The van der Waals surface area contributed by atoms with Crippen molar-refractivity contribution in [1.82, 2.24) is 16.1 Å². The topological polar surface area (TPSA) is 309 Å². The molecule has 2 heterocycles. The van der Waals surface area contributed by atoms with Gasteiger partial charge in [0.15, 0.2) is 11.7 Å². The third kappa shape index (κ3) is 10.5. The van der Waals surface area contributed by atoms with Crippen LogP contribution in [0.1, 0.15) is 10.5 Å². The number of hydrogen-bond donors (Lipinski definition) is 4. The number of nitrogens with zero attached hydrogens (tertiary/aromatic N) is 4. The molecule has 2 rings (SSSR count). The first-order valence-corrected chi connectivity index (χ1v) is 4.97. The van der Waals surface area contributed by atoms with Crippen molar-refractivity contribution in [1.29, 1.82) is 5.41 Å². The number of nitrogens with one attached hydrogen (secondary N) is 1. The molecule has 0 bridgehead atoms. The van der Waals surface area contributed by atoms with Crippen molar-refractivity contribution in [3.8, 4) is 0 Å². The van der Waals surface area contributed by atoms with Crippen LogP contribution < -0.4 is 22.1 Å². The molecular weight excluding hydrogens is 381 g/mol. The third-order valence-corrected chi connectivity index (χ3v) is 1.82. The summed E-state index contributed by atoms with van der Waals surface area (Å²) in [4.78, 5) is 23.9. The average molecular weight is 395 g/mol. The van der Waals surface area contributed by atoms with E-state index in [-0.39, 0.29) is 64.2 Å². The van der Waals surface area contributed by atoms with E-state index in [9.17, 15) is 15.0 Å². The molecule has 0 fully saturated rings. The number of quaternary nitrogens is 1. The SMILES string of the molecule is N=C1N=CC=N/C1=C(\[O-])O.Nc1nccnc1C(=O)[O-].O.[NH4+].[O-2].[O-2].[V]. The standard InChI is InChI=1S/2C5H5N3O2.H3N.H2O.2O.V/c2*6-4-3(5(9)10)7-1-2-8-4;;;;;/h1-2H,(H2,6,8)(H,9,10);1-2,6,9-10H;1H3;1H2;;;/q;;;;2*-2;/p-1. The number of hydrogen-bond acceptors (Lipinski definition) is 9. The maximum Gasteiger partial charge on any atom is 0.172 e. The number of amidine groups is 1. The number of nitrogens with two attached hydrogens (primary N) is 1. The van der Waals surface area contributed by atoms with Gasteiger partial charge >= 0.3 is 0 Å². The zero-order valence-corrected chi connectivity index (χ0v) is 14.0. The molecule has 10 N–H and O–H groups in total. The molecule has 15 heteroatoms. The number of aliphatic hydroxyl groups excluding tert-OH is 1. The fraction of sp³-hybridized carbons (Fsp3) is 0. The normalized spacial score (nSPS) is 12.2. The van der Waals surface area contributed by atoms with Gasteiger partial charge in [-0.3, -0.25) is 5.41 Å². The zero-order valence-electron chi connectivity index (χ0n) is 12.6. The number of aromatic nitrogens is 2. The minimum absolute atomic E-state index is 0. The summed E-state index contributed by atoms with van der Waals surface area (Å²) in [6, 6.07) is 0. The number of aromatic carboxylic acids is 1. The number of aliphatic hydroxyl groups is 1. The van der Waals surface area contributed by atoms with Crippen LogP contribution in [0.3, 0.4) is 0 Å². The number of carbonyl (C=O) groups excluding carboxylic acids is 1. The number of carboxylic acid groups (broad SMARTS) is 1. The van der Waals surface area contributed by atoms with E-state index < -0.39 is 11.9 Å². The summed E-state index contributed by atoms with van der Waals surface area (Å²) in [5.41, 5.74) is 4.49. The Morgan fingerprint density at radius 1 is 1.12 bits per heavy atom. The Morgan fingerprint density at radius 3 is 1.92 bits per heavy atom. The molecule has 0 aliphatic carbocycles. The molecule has 0 amide bonds. The van der Waals surface area contributed by atoms with Crippen molar-refractivity contribution in [2.24, 2.45) is 9.98 Å². The average Bonchev–Trinajstić information content (AvgIpc) is 2.40. The summed E-state index contributed by atoms with van der Waals surface area (Å²) >= 11 is 0. The summed E-state index contributed by atoms with van der Waals surface area (Å²) in [6.45, 7) is 0. The molecule has 0 atom stereocenters. The number of rotatable bonds is 1. The van der Waals surface area contributed by atoms with E-state index >= 15 is 0 Å². The Hall–Kier alpha value is -2.88. The van der Waals surface area contributed by atoms with Crippen molar-refractivity contribution < 1.29 is 55.1 Å². The third-order valence-electron chi connectivity index (χ3n) is 1.82. The maximum atomic E-state index is 10.2. The van der Waals surface area contributed by atoms with Crippen LogP contribution in [0.5, 0.6) is 0 Å². The Labute approximate surface area is 152 Å². The number of aliphatic imine (C=N–C) groups is 2. The summed E-state index contributed by atoms with van der Waals surface area (Å²) < 4.78 is 0. The van der Waals surface area contributed by atoms with E-state index in [1.165, 1.54) is 24.8 Å². The molecular formula is C10H14N7O7V-5. The van der Waals surface area contributed by atoms with Crippen molar-refractivity contribution >= 4 is 30.1 Å². The van der Waals surface area contributed by atoms with Gasteiger partial charge in [-0.1, -0.05) is 0 Å². The molecule has 1 aromatic heterocycles. The van der Waals surface area contributed by atoms with Crippen LogP contribution in [0.4, 0.5) is 5.82 Å². The van der Waals surface area contributed by atoms with Gasteiger partial charge in [0.1, 0.15) is 11.4 Å². The van der Waals surface area contributed by atoms with Crippen LogP contribution in [-0.2, 0) is 29.5 Å². The smallest absolute Gasteiger partial charge is 0.172 e. The molecule has 14 nitrogen and oxygen atoms in total. The van der Waals surface area contributed by atoms with Crippen LogP contribution >= 0.6 is 0 Å². The van der Waals surface area contributed by atoms with Crippen LogP contribution in [0.15, 0.2) is 34.0 Å². The molecule has 25 heavy (non-hydrogen) atoms. The van der Waals surface area contributed by atoms with Gasteiger partial charge in [-0.25, -0.2) is 20.0 Å². The van der Waals surface area contributed by atoms with E-state index in [0.717, 1.165) is 0 Å². The first kappa shape index (κ1) is 33.7. The van der Waals surface area contributed by atoms with Crippen LogP contribution in [-0.4, -0.2) is 44.8 Å². The summed E-state index contributed by atoms with van der Waals surface area (Å²) in [6.07, 6.45) is 5.06. The van der Waals surface area contributed by atoms with Gasteiger partial charge in [-0.2, -0.15) is 0 Å². The molecule has 1 aliphatic heterocycles. The van der Waals surface area contributed by atoms with Crippen molar-refractivity contribution in [3.63, 3.8) is 0 Å². The second-order valence-corrected chi connectivity index (χ2v) is 3.14. The quantitative estimate of drug-likeness (QED) is 0.355. The summed E-state index contributed by atoms with van der Waals surface area (Å²) in [5, 5.41) is 35.6. The van der Waals surface area contributed by atoms with Crippen LogP contribution in [0.2, 0.25) is 0 Å². The monoisotopic (exact) mass is 395 g/mol. The minimum atomic E-state index is -1.41. The molecule has 0 spiro atoms. The second-order valence-electron chi connectivity index (χ2n) is 3.14. The predicted molar refractivity (Wildman–Crippen MR) is 76.1 cm³/mol. The fourth-order valence-electron chi connectivity index (χ4n) is 1.00. The predicted octanol–water partition coefficient (Wildman–Crippen LogP) is -3.06. The Morgan fingerprint density at radius 2 is 1.60 bits per heavy atom. The summed E-state index contributed by atoms with van der Waals surface area (Å²) in [7, 11) is 0. The number of carboxylic acids is 1. The van der Waals surface area contributed by atoms with Gasteiger partial charge in [0, 0.05) is 43.4 Å². The number of anilines is 1. The van der Waals surface area contributed by atoms with Gasteiger partial charge in [-0.05, 0) is 0 Å². The molecule has 1 aliphatic rings. The number of carbonyl (C=O) groups is 1. The maximum absolute atomic E-state index is 10.2. The molecule has 0 saturated heterocycles. The van der Waals surface area contributed by atoms with Crippen molar-refractivity contribution in [3.05, 3.63) is 29.7 Å². The Balaban J connectivity index is -0.0000000889. The van der Waals surface area contributed by atoms with Gasteiger partial charge in [0.2, 0.25) is 0 Å². The molecule has 0 unspecified atom stereocenters. The Kier molecular flexibility index (Phi) is 21.5. The molecule has 1 aromatic rings. The first-order chi connectivity index (χ1) is 9.43. The Bertz CT molecular complexity index is 632. The van der Waals surface area contributed by atoms with Gasteiger partial charge in [0.05, 0.1) is 11.9 Å². The zero-order chi connectivity index (χ0) is 15.1. The number of nitrogen functional groups attached to an aromatic ring is 1. The fourth-order valence-corrected chi connectivity index (χ4v) is 1.00.